The summed E-state index contributed by atoms with van der Waals surface area (Å²) in [7, 11) is 1.63. The van der Waals surface area contributed by atoms with Gasteiger partial charge in [-0.15, -0.1) is 0 Å². The number of hydrogen-bond acceptors (Lipinski definition) is 6. The summed E-state index contributed by atoms with van der Waals surface area (Å²) in [6.07, 6.45) is 5.63. The van der Waals surface area contributed by atoms with Crippen LogP contribution in [-0.2, 0) is 11.3 Å². The highest BCUT2D eigenvalue weighted by Gasteiger charge is 2.46. The minimum atomic E-state index is -0.0496. The molecule has 0 aromatic carbocycles. The van der Waals surface area contributed by atoms with Crippen molar-refractivity contribution in [2.45, 2.75) is 32.3 Å². The van der Waals surface area contributed by atoms with Crippen LogP contribution in [0.25, 0.3) is 0 Å². The standard InChI is InChI=1S/C17H22N6O2/c1-10-15(19-6-5-18-10)17(24)23-7-12(11-3-4-11)13(8-23)16-20-14(9-25-2)21-22-16/h5-6,11-13H,3-4,7-9H2,1-2H3,(H,20,21,22)/t12-,13+/m1/s1. The van der Waals surface area contributed by atoms with E-state index in [2.05, 4.69) is 25.1 Å². The predicted octanol–water partition coefficient (Wildman–Crippen LogP) is 1.32. The Hall–Kier alpha value is -2.35. The van der Waals surface area contributed by atoms with Crippen molar-refractivity contribution in [2.24, 2.45) is 11.8 Å². The number of hydrogen-bond donors (Lipinski definition) is 1. The minimum Gasteiger partial charge on any atom is -0.377 e. The van der Waals surface area contributed by atoms with Gasteiger partial charge >= 0.3 is 0 Å². The Morgan fingerprint density at radius 1 is 1.32 bits per heavy atom. The third kappa shape index (κ3) is 3.13. The fraction of sp³-hybridized carbons (Fsp3) is 0.588. The van der Waals surface area contributed by atoms with Crippen molar-refractivity contribution in [3.05, 3.63) is 35.4 Å². The molecule has 0 unspecified atom stereocenters. The summed E-state index contributed by atoms with van der Waals surface area (Å²) in [5.41, 5.74) is 1.10. The van der Waals surface area contributed by atoms with E-state index in [0.717, 1.165) is 18.2 Å². The summed E-state index contributed by atoms with van der Waals surface area (Å²) in [6, 6.07) is 0. The smallest absolute Gasteiger partial charge is 0.274 e. The zero-order valence-corrected chi connectivity index (χ0v) is 14.5. The molecule has 2 fully saturated rings. The first-order chi connectivity index (χ1) is 12.2. The van der Waals surface area contributed by atoms with Gasteiger partial charge in [-0.2, -0.15) is 5.10 Å². The van der Waals surface area contributed by atoms with E-state index in [9.17, 15) is 4.79 Å². The first-order valence-electron chi connectivity index (χ1n) is 8.64. The topological polar surface area (TPSA) is 96.9 Å². The lowest BCUT2D eigenvalue weighted by molar-refractivity contribution is 0.0777. The van der Waals surface area contributed by atoms with E-state index in [1.807, 2.05) is 11.8 Å². The van der Waals surface area contributed by atoms with Crippen LogP contribution in [0.3, 0.4) is 0 Å². The number of aromatic amines is 1. The Balaban J connectivity index is 1.56. The second-order valence-corrected chi connectivity index (χ2v) is 6.88. The molecule has 2 aromatic rings. The number of nitrogens with zero attached hydrogens (tertiary/aromatic N) is 5. The number of aromatic nitrogens is 5. The Morgan fingerprint density at radius 2 is 2.12 bits per heavy atom. The van der Waals surface area contributed by atoms with E-state index in [0.29, 0.717) is 36.4 Å². The molecular formula is C17H22N6O2. The molecular weight excluding hydrogens is 320 g/mol. The normalized spacial score (nSPS) is 23.2. The Labute approximate surface area is 146 Å². The van der Waals surface area contributed by atoms with Gasteiger partial charge in [-0.25, -0.2) is 9.97 Å². The van der Waals surface area contributed by atoms with Crippen LogP contribution < -0.4 is 0 Å². The van der Waals surface area contributed by atoms with Crippen molar-refractivity contribution in [1.82, 2.24) is 30.0 Å². The zero-order chi connectivity index (χ0) is 17.4. The molecule has 1 aliphatic heterocycles. The quantitative estimate of drug-likeness (QED) is 0.880. The molecule has 1 amide bonds. The largest absolute Gasteiger partial charge is 0.377 e. The van der Waals surface area contributed by atoms with Gasteiger partial charge in [-0.1, -0.05) is 0 Å². The molecule has 0 bridgehead atoms. The third-order valence-electron chi connectivity index (χ3n) is 5.13. The summed E-state index contributed by atoms with van der Waals surface area (Å²) in [6.45, 7) is 3.59. The van der Waals surface area contributed by atoms with Gasteiger partial charge in [-0.3, -0.25) is 14.9 Å². The molecule has 0 spiro atoms. The SMILES string of the molecule is COCc1nc([C@H]2CN(C(=O)c3nccnc3C)C[C@@H]2C2CC2)n[nH]1. The predicted molar refractivity (Wildman–Crippen MR) is 88.7 cm³/mol. The van der Waals surface area contributed by atoms with Gasteiger partial charge in [0.2, 0.25) is 0 Å². The molecule has 1 saturated carbocycles. The summed E-state index contributed by atoms with van der Waals surface area (Å²) in [5.74, 6) is 2.70. The molecule has 0 radical (unpaired) electrons. The number of rotatable bonds is 5. The number of carbonyl (C=O) groups excluding carboxylic acids is 1. The van der Waals surface area contributed by atoms with Crippen LogP contribution in [0.5, 0.6) is 0 Å². The Kier molecular flexibility index (Phi) is 4.20. The van der Waals surface area contributed by atoms with Crippen LogP contribution >= 0.6 is 0 Å². The fourth-order valence-electron chi connectivity index (χ4n) is 3.71. The second kappa shape index (κ2) is 6.51. The number of nitrogens with one attached hydrogen (secondary N) is 1. The first kappa shape index (κ1) is 16.1. The van der Waals surface area contributed by atoms with E-state index >= 15 is 0 Å². The van der Waals surface area contributed by atoms with Crippen molar-refractivity contribution >= 4 is 5.91 Å². The Morgan fingerprint density at radius 3 is 2.84 bits per heavy atom. The van der Waals surface area contributed by atoms with Gasteiger partial charge in [0.1, 0.15) is 12.3 Å². The van der Waals surface area contributed by atoms with Crippen LogP contribution in [-0.4, -0.2) is 56.2 Å². The summed E-state index contributed by atoms with van der Waals surface area (Å²) in [4.78, 5) is 27.8. The molecule has 8 nitrogen and oxygen atoms in total. The molecule has 3 heterocycles. The number of H-pyrrole nitrogens is 1. The van der Waals surface area contributed by atoms with Gasteiger partial charge in [0.25, 0.3) is 5.91 Å². The van der Waals surface area contributed by atoms with Crippen LogP contribution in [0.4, 0.5) is 0 Å². The number of amides is 1. The molecule has 2 aliphatic rings. The number of carbonyl (C=O) groups is 1. The molecule has 25 heavy (non-hydrogen) atoms. The number of aryl methyl sites for hydroxylation is 1. The highest BCUT2D eigenvalue weighted by molar-refractivity contribution is 5.93. The van der Waals surface area contributed by atoms with Gasteiger partial charge in [0.05, 0.1) is 5.69 Å². The lowest BCUT2D eigenvalue weighted by atomic mass is 9.91. The molecule has 1 saturated heterocycles. The van der Waals surface area contributed by atoms with Gasteiger partial charge in [0.15, 0.2) is 11.6 Å². The van der Waals surface area contributed by atoms with Crippen molar-refractivity contribution < 1.29 is 9.53 Å². The molecule has 2 aromatic heterocycles. The van der Waals surface area contributed by atoms with Crippen LogP contribution in [0.2, 0.25) is 0 Å². The second-order valence-electron chi connectivity index (χ2n) is 6.88. The first-order valence-corrected chi connectivity index (χ1v) is 8.64. The maximum atomic E-state index is 12.9. The van der Waals surface area contributed by atoms with Crippen molar-refractivity contribution in [3.8, 4) is 0 Å². The van der Waals surface area contributed by atoms with Crippen LogP contribution in [0, 0.1) is 18.8 Å². The summed E-state index contributed by atoms with van der Waals surface area (Å²) >= 11 is 0. The van der Waals surface area contributed by atoms with Gasteiger partial charge < -0.3 is 9.64 Å². The monoisotopic (exact) mass is 342 g/mol. The van der Waals surface area contributed by atoms with Crippen molar-refractivity contribution in [2.75, 3.05) is 20.2 Å². The van der Waals surface area contributed by atoms with E-state index < -0.39 is 0 Å². The van der Waals surface area contributed by atoms with Gasteiger partial charge in [0, 0.05) is 38.5 Å². The van der Waals surface area contributed by atoms with Gasteiger partial charge in [-0.05, 0) is 31.6 Å². The molecule has 132 valence electrons. The fourth-order valence-corrected chi connectivity index (χ4v) is 3.71. The van der Waals surface area contributed by atoms with Crippen LogP contribution in [0.1, 0.15) is 46.6 Å². The zero-order valence-electron chi connectivity index (χ0n) is 14.5. The van der Waals surface area contributed by atoms with Crippen molar-refractivity contribution in [1.29, 1.82) is 0 Å². The highest BCUT2D eigenvalue weighted by atomic mass is 16.5. The lowest BCUT2D eigenvalue weighted by Crippen LogP contribution is -2.30. The van der Waals surface area contributed by atoms with E-state index in [4.69, 9.17) is 4.74 Å². The van der Waals surface area contributed by atoms with E-state index in [-0.39, 0.29) is 11.8 Å². The average Bonchev–Trinajstić information content (AvgIpc) is 3.19. The maximum Gasteiger partial charge on any atom is 0.274 e. The molecule has 1 N–H and O–H groups in total. The third-order valence-corrected chi connectivity index (χ3v) is 5.13. The Bertz CT molecular complexity index is 772. The summed E-state index contributed by atoms with van der Waals surface area (Å²) in [5, 5.41) is 7.32. The average molecular weight is 342 g/mol. The lowest BCUT2D eigenvalue weighted by Gasteiger charge is -2.16. The number of ether oxygens (including phenoxy) is 1. The maximum absolute atomic E-state index is 12.9. The molecule has 8 heteroatoms. The molecule has 1 aliphatic carbocycles. The number of likely N-dealkylation sites (tertiary alicyclic amines) is 1. The minimum absolute atomic E-state index is 0.0496. The van der Waals surface area contributed by atoms with Crippen molar-refractivity contribution in [3.63, 3.8) is 0 Å². The van der Waals surface area contributed by atoms with E-state index in [1.54, 1.807) is 19.5 Å². The highest BCUT2D eigenvalue weighted by Crippen LogP contribution is 2.47. The van der Waals surface area contributed by atoms with Crippen LogP contribution in [0.15, 0.2) is 12.4 Å². The molecule has 4 rings (SSSR count). The molecule has 2 atom stereocenters. The van der Waals surface area contributed by atoms with E-state index in [1.165, 1.54) is 12.8 Å². The number of methoxy groups -OCH3 is 1. The summed E-state index contributed by atoms with van der Waals surface area (Å²) < 4.78 is 5.11.